The van der Waals surface area contributed by atoms with E-state index in [0.717, 1.165) is 0 Å². The number of nitrogen functional groups attached to an aromatic ring is 1. The summed E-state index contributed by atoms with van der Waals surface area (Å²) < 4.78 is 12.9. The molecule has 0 spiro atoms. The molecule has 1 aromatic rings. The number of halogens is 1. The van der Waals surface area contributed by atoms with Gasteiger partial charge in [0.05, 0.1) is 0 Å². The van der Waals surface area contributed by atoms with Gasteiger partial charge in [0.25, 0.3) is 0 Å². The van der Waals surface area contributed by atoms with E-state index in [2.05, 4.69) is 10.0 Å². The molecular weight excluding hydrogens is 195 g/mol. The standard InChI is InChI=1S/C10H11FN4/c11-9-5-8(6-10(12)7-9)3-1-2-4-14-15-13/h1,3,5-7H,2,4,12H2. The maximum absolute atomic E-state index is 12.9. The second-order valence-corrected chi connectivity index (χ2v) is 2.96. The van der Waals surface area contributed by atoms with E-state index in [1.165, 1.54) is 12.1 Å². The van der Waals surface area contributed by atoms with Gasteiger partial charge >= 0.3 is 0 Å². The van der Waals surface area contributed by atoms with Crippen molar-refractivity contribution in [3.8, 4) is 0 Å². The van der Waals surface area contributed by atoms with Crippen molar-refractivity contribution in [2.24, 2.45) is 5.11 Å². The van der Waals surface area contributed by atoms with Crippen molar-refractivity contribution in [3.05, 3.63) is 46.1 Å². The van der Waals surface area contributed by atoms with Gasteiger partial charge in [0.15, 0.2) is 0 Å². The molecule has 78 valence electrons. The van der Waals surface area contributed by atoms with Crippen LogP contribution in [-0.4, -0.2) is 6.54 Å². The summed E-state index contributed by atoms with van der Waals surface area (Å²) in [5, 5.41) is 3.37. The molecule has 1 rings (SSSR count). The summed E-state index contributed by atoms with van der Waals surface area (Å²) in [6.07, 6.45) is 4.18. The molecule has 5 heteroatoms. The molecule has 0 saturated heterocycles. The summed E-state index contributed by atoms with van der Waals surface area (Å²) in [5.74, 6) is -0.357. The first-order valence-electron chi connectivity index (χ1n) is 4.46. The van der Waals surface area contributed by atoms with Crippen molar-refractivity contribution in [1.29, 1.82) is 0 Å². The Kier molecular flexibility index (Phi) is 4.19. The van der Waals surface area contributed by atoms with E-state index in [9.17, 15) is 4.39 Å². The van der Waals surface area contributed by atoms with Crippen molar-refractivity contribution in [2.75, 3.05) is 12.3 Å². The lowest BCUT2D eigenvalue weighted by Gasteiger charge is -1.97. The van der Waals surface area contributed by atoms with Gasteiger partial charge in [-0.3, -0.25) is 0 Å². The van der Waals surface area contributed by atoms with Crippen LogP contribution in [0.5, 0.6) is 0 Å². The Labute approximate surface area is 86.8 Å². The van der Waals surface area contributed by atoms with Crippen LogP contribution in [0.4, 0.5) is 10.1 Å². The van der Waals surface area contributed by atoms with Crippen LogP contribution in [0.25, 0.3) is 16.5 Å². The molecule has 0 aliphatic heterocycles. The average molecular weight is 206 g/mol. The normalized spacial score (nSPS) is 10.2. The molecule has 0 radical (unpaired) electrons. The van der Waals surface area contributed by atoms with Crippen molar-refractivity contribution in [1.82, 2.24) is 0 Å². The Morgan fingerprint density at radius 2 is 2.27 bits per heavy atom. The van der Waals surface area contributed by atoms with E-state index in [1.54, 1.807) is 12.1 Å². The molecular formula is C10H11FN4. The molecule has 0 amide bonds. The van der Waals surface area contributed by atoms with Gasteiger partial charge in [0, 0.05) is 17.1 Å². The highest BCUT2D eigenvalue weighted by Gasteiger charge is 1.94. The number of rotatable bonds is 4. The molecule has 0 aliphatic rings. The summed E-state index contributed by atoms with van der Waals surface area (Å²) in [4.78, 5) is 2.62. The predicted octanol–water partition coefficient (Wildman–Crippen LogP) is 3.12. The smallest absolute Gasteiger partial charge is 0.125 e. The monoisotopic (exact) mass is 206 g/mol. The number of nitrogens with zero attached hydrogens (tertiary/aromatic N) is 3. The van der Waals surface area contributed by atoms with Gasteiger partial charge in [0.2, 0.25) is 0 Å². The van der Waals surface area contributed by atoms with Gasteiger partial charge in [-0.05, 0) is 35.7 Å². The third kappa shape index (κ3) is 4.15. The maximum atomic E-state index is 12.9. The van der Waals surface area contributed by atoms with Crippen LogP contribution < -0.4 is 5.73 Å². The number of anilines is 1. The van der Waals surface area contributed by atoms with E-state index >= 15 is 0 Å². The fourth-order valence-corrected chi connectivity index (χ4v) is 1.13. The van der Waals surface area contributed by atoms with Gasteiger partial charge in [-0.1, -0.05) is 17.3 Å². The number of benzene rings is 1. The van der Waals surface area contributed by atoms with Gasteiger partial charge in [-0.25, -0.2) is 4.39 Å². The maximum Gasteiger partial charge on any atom is 0.125 e. The molecule has 2 N–H and O–H groups in total. The van der Waals surface area contributed by atoms with E-state index in [-0.39, 0.29) is 5.82 Å². The Bertz CT molecular complexity index is 388. The molecule has 0 unspecified atom stereocenters. The zero-order chi connectivity index (χ0) is 11.1. The van der Waals surface area contributed by atoms with Crippen LogP contribution in [0.1, 0.15) is 12.0 Å². The second kappa shape index (κ2) is 5.67. The Hall–Kier alpha value is -2.00. The average Bonchev–Trinajstić information content (AvgIpc) is 2.16. The highest BCUT2D eigenvalue weighted by molar-refractivity contribution is 5.55. The first-order valence-corrected chi connectivity index (χ1v) is 4.46. The molecule has 15 heavy (non-hydrogen) atoms. The molecule has 0 heterocycles. The molecule has 0 fully saturated rings. The van der Waals surface area contributed by atoms with Gasteiger partial charge < -0.3 is 5.73 Å². The summed E-state index contributed by atoms with van der Waals surface area (Å²) in [5.41, 5.74) is 14.6. The largest absolute Gasteiger partial charge is 0.399 e. The van der Waals surface area contributed by atoms with Crippen molar-refractivity contribution in [3.63, 3.8) is 0 Å². The highest BCUT2D eigenvalue weighted by Crippen LogP contribution is 2.12. The predicted molar refractivity (Wildman–Crippen MR) is 58.5 cm³/mol. The van der Waals surface area contributed by atoms with Crippen molar-refractivity contribution >= 4 is 11.8 Å². The first kappa shape index (κ1) is 11.1. The topological polar surface area (TPSA) is 74.8 Å². The van der Waals surface area contributed by atoms with Crippen LogP contribution in [-0.2, 0) is 0 Å². The lowest BCUT2D eigenvalue weighted by Crippen LogP contribution is -1.87. The second-order valence-electron chi connectivity index (χ2n) is 2.96. The zero-order valence-electron chi connectivity index (χ0n) is 8.10. The van der Waals surface area contributed by atoms with Crippen molar-refractivity contribution in [2.45, 2.75) is 6.42 Å². The molecule has 0 aliphatic carbocycles. The summed E-state index contributed by atoms with van der Waals surface area (Å²) in [6.45, 7) is 0.401. The zero-order valence-corrected chi connectivity index (χ0v) is 8.10. The third-order valence-electron chi connectivity index (χ3n) is 1.71. The van der Waals surface area contributed by atoms with E-state index in [4.69, 9.17) is 11.3 Å². The number of hydrogen-bond acceptors (Lipinski definition) is 2. The molecule has 0 aromatic heterocycles. The molecule has 0 bridgehead atoms. The minimum absolute atomic E-state index is 0.357. The minimum Gasteiger partial charge on any atom is -0.399 e. The van der Waals surface area contributed by atoms with Gasteiger partial charge in [0.1, 0.15) is 5.82 Å². The lowest BCUT2D eigenvalue weighted by atomic mass is 10.1. The summed E-state index contributed by atoms with van der Waals surface area (Å²) in [7, 11) is 0. The molecule has 0 saturated carbocycles. The van der Waals surface area contributed by atoms with Gasteiger partial charge in [-0.2, -0.15) is 0 Å². The first-order chi connectivity index (χ1) is 7.22. The SMILES string of the molecule is [N-]=[N+]=NCCC=Cc1cc(N)cc(F)c1. The van der Waals surface area contributed by atoms with Crippen molar-refractivity contribution < 1.29 is 4.39 Å². The Balaban J connectivity index is 2.59. The molecule has 0 atom stereocenters. The number of nitrogens with two attached hydrogens (primary N) is 1. The van der Waals surface area contributed by atoms with Crippen LogP contribution in [0.2, 0.25) is 0 Å². The van der Waals surface area contributed by atoms with E-state index in [1.807, 2.05) is 6.08 Å². The quantitative estimate of drug-likeness (QED) is 0.265. The summed E-state index contributed by atoms with van der Waals surface area (Å²) >= 11 is 0. The van der Waals surface area contributed by atoms with Crippen LogP contribution in [0.15, 0.2) is 29.4 Å². The fourth-order valence-electron chi connectivity index (χ4n) is 1.13. The summed E-state index contributed by atoms with van der Waals surface area (Å²) in [6, 6.07) is 4.32. The van der Waals surface area contributed by atoms with Crippen LogP contribution in [0.3, 0.4) is 0 Å². The van der Waals surface area contributed by atoms with E-state index in [0.29, 0.717) is 24.2 Å². The Morgan fingerprint density at radius 1 is 1.47 bits per heavy atom. The van der Waals surface area contributed by atoms with Crippen LogP contribution in [0, 0.1) is 5.82 Å². The fraction of sp³-hybridized carbons (Fsp3) is 0.200. The molecule has 4 nitrogen and oxygen atoms in total. The lowest BCUT2D eigenvalue weighted by molar-refractivity contribution is 0.628. The highest BCUT2D eigenvalue weighted by atomic mass is 19.1. The third-order valence-corrected chi connectivity index (χ3v) is 1.71. The van der Waals surface area contributed by atoms with Crippen LogP contribution >= 0.6 is 0 Å². The van der Waals surface area contributed by atoms with Gasteiger partial charge in [-0.15, -0.1) is 0 Å². The minimum atomic E-state index is -0.357. The number of hydrogen-bond donors (Lipinski definition) is 1. The molecule has 1 aromatic carbocycles. The number of azide groups is 1. The van der Waals surface area contributed by atoms with E-state index < -0.39 is 0 Å². The Morgan fingerprint density at radius 3 is 2.93 bits per heavy atom.